The molecule has 0 radical (unpaired) electrons. The molecule has 2 saturated carbocycles. The number of hydrogen-bond donors (Lipinski definition) is 0. The van der Waals surface area contributed by atoms with Gasteiger partial charge in [-0.05, 0) is 72.9 Å². The highest BCUT2D eigenvalue weighted by Gasteiger charge is 2.57. The van der Waals surface area contributed by atoms with Crippen molar-refractivity contribution in [3.8, 4) is 11.8 Å². The van der Waals surface area contributed by atoms with E-state index in [9.17, 15) is 4.39 Å². The molecule has 122 valence electrons. The van der Waals surface area contributed by atoms with Gasteiger partial charge < -0.3 is 4.74 Å². The number of ether oxygens (including phenoxy) is 1. The molecule has 2 aliphatic carbocycles. The van der Waals surface area contributed by atoms with Crippen molar-refractivity contribution in [2.75, 3.05) is 7.11 Å². The van der Waals surface area contributed by atoms with E-state index in [1.54, 1.807) is 13.2 Å². The molecular weight excluding hydrogens is 301 g/mol. The lowest BCUT2D eigenvalue weighted by molar-refractivity contribution is 0.371. The summed E-state index contributed by atoms with van der Waals surface area (Å²) in [6.45, 7) is 0. The first-order valence-electron chi connectivity index (χ1n) is 8.54. The van der Waals surface area contributed by atoms with Gasteiger partial charge in [0.15, 0.2) is 0 Å². The van der Waals surface area contributed by atoms with Crippen molar-refractivity contribution < 1.29 is 9.13 Å². The Morgan fingerprint density at radius 3 is 2.17 bits per heavy atom. The van der Waals surface area contributed by atoms with Crippen LogP contribution in [0.2, 0.25) is 0 Å². The Morgan fingerprint density at radius 2 is 1.67 bits per heavy atom. The Hall–Kier alpha value is -2.34. The summed E-state index contributed by atoms with van der Waals surface area (Å²) in [6, 6.07) is 15.1. The quantitative estimate of drug-likeness (QED) is 0.812. The molecular formula is C21H20FNO. The van der Waals surface area contributed by atoms with Gasteiger partial charge in [-0.15, -0.1) is 0 Å². The lowest BCUT2D eigenvalue weighted by Crippen LogP contribution is -2.34. The smallest absolute Gasteiger partial charge is 0.128 e. The van der Waals surface area contributed by atoms with Gasteiger partial charge >= 0.3 is 0 Å². The van der Waals surface area contributed by atoms with Gasteiger partial charge in [-0.1, -0.05) is 18.2 Å². The molecule has 3 heteroatoms. The summed E-state index contributed by atoms with van der Waals surface area (Å²) in [5, 5.41) is 9.04. The average molecular weight is 321 g/mol. The first kappa shape index (κ1) is 15.2. The summed E-state index contributed by atoms with van der Waals surface area (Å²) in [5.41, 5.74) is 2.06. The number of rotatable bonds is 3. The zero-order chi connectivity index (χ0) is 16.7. The molecule has 0 aliphatic heterocycles. The third-order valence-corrected chi connectivity index (χ3v) is 6.13. The maximum absolute atomic E-state index is 15.0. The highest BCUT2D eigenvalue weighted by atomic mass is 19.1. The molecule has 0 aromatic heterocycles. The second-order valence-corrected chi connectivity index (χ2v) is 6.95. The fraction of sp³-hybridized carbons (Fsp3) is 0.381. The van der Waals surface area contributed by atoms with Crippen molar-refractivity contribution in [1.29, 1.82) is 5.26 Å². The number of benzene rings is 2. The maximum Gasteiger partial charge on any atom is 0.128 e. The Morgan fingerprint density at radius 1 is 1.04 bits per heavy atom. The molecule has 2 aliphatic rings. The number of methoxy groups -OCH3 is 1. The summed E-state index contributed by atoms with van der Waals surface area (Å²) >= 11 is 0. The summed E-state index contributed by atoms with van der Waals surface area (Å²) in [5.74, 6) is 1.51. The second kappa shape index (κ2) is 5.63. The van der Waals surface area contributed by atoms with Gasteiger partial charge in [0.2, 0.25) is 0 Å². The summed E-state index contributed by atoms with van der Waals surface area (Å²) in [4.78, 5) is 0. The molecule has 2 nitrogen and oxygen atoms in total. The monoisotopic (exact) mass is 321 g/mol. The van der Waals surface area contributed by atoms with Crippen LogP contribution >= 0.6 is 0 Å². The minimum Gasteiger partial charge on any atom is -0.497 e. The van der Waals surface area contributed by atoms with Crippen molar-refractivity contribution in [1.82, 2.24) is 0 Å². The van der Waals surface area contributed by atoms with E-state index in [-0.39, 0.29) is 11.2 Å². The molecule has 0 spiro atoms. The SMILES string of the molecule is COc1ccc(C2(c3ccc(C#N)cc3F)C3CCC2CC3)cc1. The van der Waals surface area contributed by atoms with Crippen LogP contribution in [0.5, 0.6) is 5.75 Å². The first-order chi connectivity index (χ1) is 11.7. The van der Waals surface area contributed by atoms with Crippen molar-refractivity contribution in [3.63, 3.8) is 0 Å². The third-order valence-electron chi connectivity index (χ3n) is 6.13. The van der Waals surface area contributed by atoms with Gasteiger partial charge in [0, 0.05) is 5.41 Å². The average Bonchev–Trinajstić information content (AvgIpc) is 3.17. The van der Waals surface area contributed by atoms with Gasteiger partial charge in [-0.3, -0.25) is 0 Å². The molecule has 0 unspecified atom stereocenters. The molecule has 2 bridgehead atoms. The van der Waals surface area contributed by atoms with Gasteiger partial charge in [0.25, 0.3) is 0 Å². The highest BCUT2D eigenvalue weighted by molar-refractivity contribution is 5.48. The molecule has 0 N–H and O–H groups in total. The predicted molar refractivity (Wildman–Crippen MR) is 90.3 cm³/mol. The van der Waals surface area contributed by atoms with Gasteiger partial charge in [-0.2, -0.15) is 5.26 Å². The van der Waals surface area contributed by atoms with Crippen molar-refractivity contribution >= 4 is 0 Å². The van der Waals surface area contributed by atoms with Crippen LogP contribution in [0, 0.1) is 29.0 Å². The number of nitriles is 1. The molecule has 0 amide bonds. The van der Waals surface area contributed by atoms with Crippen LogP contribution in [0.4, 0.5) is 4.39 Å². The minimum atomic E-state index is -0.260. The van der Waals surface area contributed by atoms with Crippen LogP contribution in [-0.4, -0.2) is 7.11 Å². The largest absolute Gasteiger partial charge is 0.497 e. The van der Waals surface area contributed by atoms with E-state index in [4.69, 9.17) is 10.00 Å². The molecule has 2 aromatic rings. The second-order valence-electron chi connectivity index (χ2n) is 6.95. The van der Waals surface area contributed by atoms with Crippen molar-refractivity contribution in [2.24, 2.45) is 11.8 Å². The van der Waals surface area contributed by atoms with Gasteiger partial charge in [0.05, 0.1) is 18.7 Å². The zero-order valence-electron chi connectivity index (χ0n) is 13.8. The lowest BCUT2D eigenvalue weighted by Gasteiger charge is -2.36. The summed E-state index contributed by atoms with van der Waals surface area (Å²) < 4.78 is 20.2. The minimum absolute atomic E-state index is 0.247. The van der Waals surface area contributed by atoms with Crippen molar-refractivity contribution in [2.45, 2.75) is 31.1 Å². The Bertz CT molecular complexity index is 786. The fourth-order valence-corrected chi connectivity index (χ4v) is 5.19. The van der Waals surface area contributed by atoms with Crippen LogP contribution in [0.3, 0.4) is 0 Å². The summed E-state index contributed by atoms with van der Waals surface area (Å²) in [7, 11) is 1.66. The molecule has 24 heavy (non-hydrogen) atoms. The normalized spacial score (nSPS) is 27.9. The van der Waals surface area contributed by atoms with E-state index < -0.39 is 0 Å². The Kier molecular flexibility index (Phi) is 3.57. The van der Waals surface area contributed by atoms with Crippen LogP contribution in [0.15, 0.2) is 42.5 Å². The first-order valence-corrected chi connectivity index (χ1v) is 8.54. The standard InChI is InChI=1S/C21H20FNO/c1-24-18-9-7-17(8-10-18)21(15-3-4-16(21)6-5-15)19-11-2-14(13-23)12-20(19)22/h2,7-12,15-16H,3-6H2,1H3. The fourth-order valence-electron chi connectivity index (χ4n) is 5.19. The van der Waals surface area contributed by atoms with Gasteiger partial charge in [-0.25, -0.2) is 4.39 Å². The van der Waals surface area contributed by atoms with Gasteiger partial charge in [0.1, 0.15) is 11.6 Å². The van der Waals surface area contributed by atoms with Crippen molar-refractivity contribution in [3.05, 3.63) is 65.0 Å². The number of halogens is 1. The van der Waals surface area contributed by atoms with Crippen LogP contribution in [0.1, 0.15) is 42.4 Å². The molecule has 0 heterocycles. The molecule has 2 aromatic carbocycles. The molecule has 4 rings (SSSR count). The topological polar surface area (TPSA) is 33.0 Å². The number of nitrogens with zero attached hydrogens (tertiary/aromatic N) is 1. The molecule has 0 saturated heterocycles. The van der Waals surface area contributed by atoms with E-state index in [1.165, 1.54) is 11.6 Å². The van der Waals surface area contributed by atoms with E-state index in [2.05, 4.69) is 12.1 Å². The number of fused-ring (bicyclic) bond motifs is 2. The van der Waals surface area contributed by atoms with E-state index in [0.29, 0.717) is 17.4 Å². The van der Waals surface area contributed by atoms with E-state index in [0.717, 1.165) is 37.0 Å². The van der Waals surface area contributed by atoms with Crippen LogP contribution in [-0.2, 0) is 5.41 Å². The highest BCUT2D eigenvalue weighted by Crippen LogP contribution is 2.62. The predicted octanol–water partition coefficient (Wildman–Crippen LogP) is 4.81. The zero-order valence-corrected chi connectivity index (χ0v) is 13.8. The Balaban J connectivity index is 1.91. The third kappa shape index (κ3) is 1.99. The lowest BCUT2D eigenvalue weighted by atomic mass is 9.66. The molecule has 0 atom stereocenters. The maximum atomic E-state index is 15.0. The summed E-state index contributed by atoms with van der Waals surface area (Å²) in [6.07, 6.45) is 4.60. The van der Waals surface area contributed by atoms with E-state index in [1.807, 2.05) is 24.3 Å². The Labute approximate surface area is 141 Å². The van der Waals surface area contributed by atoms with E-state index >= 15 is 0 Å². The van der Waals surface area contributed by atoms with Crippen LogP contribution < -0.4 is 4.74 Å². The number of hydrogen-bond acceptors (Lipinski definition) is 2. The van der Waals surface area contributed by atoms with Crippen LogP contribution in [0.25, 0.3) is 0 Å². The molecule has 2 fully saturated rings.